The summed E-state index contributed by atoms with van der Waals surface area (Å²) < 4.78 is 10.7. The zero-order valence-corrected chi connectivity index (χ0v) is 18.2. The Hall–Kier alpha value is -3.61. The number of fused-ring (bicyclic) bond motifs is 1. The number of carbonyl (C=O) groups excluding carboxylic acids is 3. The number of anilines is 1. The smallest absolute Gasteiger partial charge is 0.233 e. The highest BCUT2D eigenvalue weighted by molar-refractivity contribution is 6.06. The lowest BCUT2D eigenvalue weighted by Crippen LogP contribution is -2.34. The van der Waals surface area contributed by atoms with Crippen LogP contribution >= 0.6 is 0 Å². The van der Waals surface area contributed by atoms with Gasteiger partial charge in [0.1, 0.15) is 11.5 Å². The van der Waals surface area contributed by atoms with Gasteiger partial charge in [-0.3, -0.25) is 19.3 Å². The number of nitrogens with zero attached hydrogens (tertiary/aromatic N) is 1. The highest BCUT2D eigenvalue weighted by Gasteiger charge is 2.46. The summed E-state index contributed by atoms with van der Waals surface area (Å²) in [5, 5.41) is 2.86. The monoisotopic (exact) mass is 434 g/mol. The van der Waals surface area contributed by atoms with E-state index >= 15 is 0 Å². The van der Waals surface area contributed by atoms with Crippen LogP contribution in [0.3, 0.4) is 0 Å². The van der Waals surface area contributed by atoms with Crippen molar-refractivity contribution in [3.63, 3.8) is 0 Å². The molecule has 2 aromatic rings. The molecule has 2 aliphatic rings. The predicted molar refractivity (Wildman–Crippen MR) is 120 cm³/mol. The third-order valence-electron chi connectivity index (χ3n) is 6.05. The Labute approximate surface area is 187 Å². The van der Waals surface area contributed by atoms with E-state index in [4.69, 9.17) is 9.47 Å². The summed E-state index contributed by atoms with van der Waals surface area (Å²) in [5.74, 6) is 0.293. The molecular formula is C25H26N2O5. The zero-order valence-electron chi connectivity index (χ0n) is 18.2. The number of rotatable bonds is 7. The van der Waals surface area contributed by atoms with Crippen molar-refractivity contribution < 1.29 is 23.9 Å². The fourth-order valence-corrected chi connectivity index (χ4v) is 4.31. The maximum Gasteiger partial charge on any atom is 0.233 e. The van der Waals surface area contributed by atoms with Crippen molar-refractivity contribution in [1.29, 1.82) is 0 Å². The Morgan fingerprint density at radius 2 is 1.62 bits per heavy atom. The highest BCUT2D eigenvalue weighted by Crippen LogP contribution is 2.35. The lowest BCUT2D eigenvalue weighted by molar-refractivity contribution is -0.140. The van der Waals surface area contributed by atoms with Crippen LogP contribution in [0.1, 0.15) is 19.3 Å². The highest BCUT2D eigenvalue weighted by atomic mass is 16.5. The predicted octanol–water partition coefficient (Wildman–Crippen LogP) is 3.65. The molecule has 0 aromatic heterocycles. The first-order chi connectivity index (χ1) is 15.5. The van der Waals surface area contributed by atoms with Crippen LogP contribution in [0.4, 0.5) is 5.69 Å². The maximum absolute atomic E-state index is 12.6. The standard InChI is InChI=1S/C25H26N2O5/c1-31-18-10-7-16(8-11-18)21-15-17(9-12-22(21)32-2)26-23(28)13-14-27-24(29)19-5-3-4-6-20(19)25(27)30/h3-4,7-12,15,19-20H,5-6,13-14H2,1-2H3,(H,26,28)/t19-,20-/m1/s1. The summed E-state index contributed by atoms with van der Waals surface area (Å²) in [6.07, 6.45) is 5.14. The van der Waals surface area contributed by atoms with Gasteiger partial charge in [0.15, 0.2) is 0 Å². The van der Waals surface area contributed by atoms with Gasteiger partial charge in [0, 0.05) is 24.2 Å². The molecule has 1 aliphatic heterocycles. The molecule has 32 heavy (non-hydrogen) atoms. The van der Waals surface area contributed by atoms with Gasteiger partial charge in [0.25, 0.3) is 0 Å². The molecule has 2 atom stereocenters. The Bertz CT molecular complexity index is 1030. The number of likely N-dealkylation sites (tertiary alicyclic amines) is 1. The number of amides is 3. The van der Waals surface area contributed by atoms with Gasteiger partial charge in [-0.1, -0.05) is 24.3 Å². The fourth-order valence-electron chi connectivity index (χ4n) is 4.31. The number of hydrogen-bond donors (Lipinski definition) is 1. The van der Waals surface area contributed by atoms with Gasteiger partial charge in [-0.25, -0.2) is 0 Å². The van der Waals surface area contributed by atoms with Crippen molar-refractivity contribution in [2.24, 2.45) is 11.8 Å². The van der Waals surface area contributed by atoms with Crippen molar-refractivity contribution in [3.8, 4) is 22.6 Å². The normalized spacial score (nSPS) is 19.6. The van der Waals surface area contributed by atoms with Crippen molar-refractivity contribution in [2.45, 2.75) is 19.3 Å². The Balaban J connectivity index is 1.42. The lowest BCUT2D eigenvalue weighted by atomic mass is 9.85. The topological polar surface area (TPSA) is 84.9 Å². The zero-order chi connectivity index (χ0) is 22.7. The van der Waals surface area contributed by atoms with Crippen LogP contribution in [0.5, 0.6) is 11.5 Å². The second-order valence-electron chi connectivity index (χ2n) is 7.93. The number of allylic oxidation sites excluding steroid dienone is 2. The Morgan fingerprint density at radius 3 is 2.22 bits per heavy atom. The number of imide groups is 1. The van der Waals surface area contributed by atoms with E-state index in [1.165, 1.54) is 4.90 Å². The SMILES string of the molecule is COc1ccc(-c2cc(NC(=O)CCN3C(=O)[C@@H]4CC=CC[C@H]4C3=O)ccc2OC)cc1. The minimum atomic E-state index is -0.274. The van der Waals surface area contributed by atoms with E-state index in [0.717, 1.165) is 16.9 Å². The minimum Gasteiger partial charge on any atom is -0.497 e. The van der Waals surface area contributed by atoms with Gasteiger partial charge in [0.05, 0.1) is 26.1 Å². The van der Waals surface area contributed by atoms with Crippen LogP contribution in [-0.2, 0) is 14.4 Å². The van der Waals surface area contributed by atoms with Crippen molar-refractivity contribution in [3.05, 3.63) is 54.6 Å². The summed E-state index contributed by atoms with van der Waals surface area (Å²) in [6, 6.07) is 12.9. The van der Waals surface area contributed by atoms with Gasteiger partial charge in [-0.05, 0) is 48.7 Å². The number of carbonyl (C=O) groups is 3. The first-order valence-electron chi connectivity index (χ1n) is 10.6. The van der Waals surface area contributed by atoms with Crippen molar-refractivity contribution in [1.82, 2.24) is 4.90 Å². The third kappa shape index (κ3) is 4.23. The molecule has 1 heterocycles. The van der Waals surface area contributed by atoms with Gasteiger partial charge >= 0.3 is 0 Å². The lowest BCUT2D eigenvalue weighted by Gasteiger charge is -2.15. The van der Waals surface area contributed by atoms with Crippen LogP contribution in [0.15, 0.2) is 54.6 Å². The molecule has 0 spiro atoms. The summed E-state index contributed by atoms with van der Waals surface area (Å²) in [5.41, 5.74) is 2.36. The summed E-state index contributed by atoms with van der Waals surface area (Å²) in [4.78, 5) is 38.9. The molecule has 1 fully saturated rings. The molecular weight excluding hydrogens is 408 g/mol. The van der Waals surface area contributed by atoms with Gasteiger partial charge in [-0.15, -0.1) is 0 Å². The average molecular weight is 434 g/mol. The third-order valence-corrected chi connectivity index (χ3v) is 6.05. The molecule has 1 aliphatic carbocycles. The van der Waals surface area contributed by atoms with Gasteiger partial charge < -0.3 is 14.8 Å². The van der Waals surface area contributed by atoms with Crippen LogP contribution in [0.25, 0.3) is 11.1 Å². The van der Waals surface area contributed by atoms with Crippen molar-refractivity contribution in [2.75, 3.05) is 26.1 Å². The summed E-state index contributed by atoms with van der Waals surface area (Å²) >= 11 is 0. The molecule has 1 saturated heterocycles. The van der Waals surface area contributed by atoms with E-state index in [0.29, 0.717) is 24.3 Å². The van der Waals surface area contributed by atoms with Crippen LogP contribution in [0, 0.1) is 11.8 Å². The van der Waals surface area contributed by atoms with E-state index in [-0.39, 0.29) is 42.5 Å². The first-order valence-corrected chi connectivity index (χ1v) is 10.6. The second-order valence-corrected chi connectivity index (χ2v) is 7.93. The maximum atomic E-state index is 12.6. The minimum absolute atomic E-state index is 0.0498. The molecule has 3 amide bonds. The molecule has 1 N–H and O–H groups in total. The average Bonchev–Trinajstić information content (AvgIpc) is 3.07. The van der Waals surface area contributed by atoms with E-state index in [1.54, 1.807) is 26.4 Å². The number of benzene rings is 2. The van der Waals surface area contributed by atoms with E-state index in [2.05, 4.69) is 5.32 Å². The molecule has 2 aromatic carbocycles. The number of hydrogen-bond acceptors (Lipinski definition) is 5. The fraction of sp³-hybridized carbons (Fsp3) is 0.320. The summed E-state index contributed by atoms with van der Waals surface area (Å²) in [6.45, 7) is 0.0952. The van der Waals surface area contributed by atoms with E-state index in [1.807, 2.05) is 42.5 Å². The van der Waals surface area contributed by atoms with Crippen LogP contribution in [-0.4, -0.2) is 43.4 Å². The van der Waals surface area contributed by atoms with Gasteiger partial charge in [0.2, 0.25) is 17.7 Å². The van der Waals surface area contributed by atoms with Gasteiger partial charge in [-0.2, -0.15) is 0 Å². The van der Waals surface area contributed by atoms with Crippen LogP contribution in [0.2, 0.25) is 0 Å². The summed E-state index contributed by atoms with van der Waals surface area (Å²) in [7, 11) is 3.21. The first kappa shape index (κ1) is 21.6. The molecule has 0 bridgehead atoms. The molecule has 0 radical (unpaired) electrons. The molecule has 0 unspecified atom stereocenters. The Kier molecular flexibility index (Phi) is 6.25. The number of ether oxygens (including phenoxy) is 2. The molecule has 166 valence electrons. The van der Waals surface area contributed by atoms with E-state index in [9.17, 15) is 14.4 Å². The molecule has 7 heteroatoms. The largest absolute Gasteiger partial charge is 0.497 e. The number of methoxy groups -OCH3 is 2. The molecule has 0 saturated carbocycles. The van der Waals surface area contributed by atoms with Crippen molar-refractivity contribution >= 4 is 23.4 Å². The van der Waals surface area contributed by atoms with E-state index < -0.39 is 0 Å². The Morgan fingerprint density at radius 1 is 0.969 bits per heavy atom. The quantitative estimate of drug-likeness (QED) is 0.531. The molecule has 4 rings (SSSR count). The second kappa shape index (κ2) is 9.26. The molecule has 7 nitrogen and oxygen atoms in total. The number of nitrogens with one attached hydrogen (secondary N) is 1. The van der Waals surface area contributed by atoms with Crippen LogP contribution < -0.4 is 14.8 Å².